The van der Waals surface area contributed by atoms with E-state index in [2.05, 4.69) is 29.5 Å². The highest BCUT2D eigenvalue weighted by Crippen LogP contribution is 1.98. The number of rotatable bonds is 7. The second-order valence-electron chi connectivity index (χ2n) is 2.36. The molecule has 0 heterocycles. The second-order valence-corrected chi connectivity index (χ2v) is 3.44. The van der Waals surface area contributed by atoms with E-state index >= 15 is 0 Å². The third-order valence-corrected chi connectivity index (χ3v) is 1.80. The van der Waals surface area contributed by atoms with E-state index in [0.717, 1.165) is 17.6 Å². The van der Waals surface area contributed by atoms with Gasteiger partial charge in [0.05, 0.1) is 6.61 Å². The molecule has 0 fully saturated rings. The highest BCUT2D eigenvalue weighted by atomic mass is 127. The summed E-state index contributed by atoms with van der Waals surface area (Å²) >= 11 is 2.33. The van der Waals surface area contributed by atoms with Crippen LogP contribution in [0.4, 0.5) is 0 Å². The largest absolute Gasteiger partial charge is 0.381 e. The molecule has 62 valence electrons. The van der Waals surface area contributed by atoms with Crippen LogP contribution in [0, 0.1) is 0 Å². The van der Waals surface area contributed by atoms with Crippen LogP contribution in [0.15, 0.2) is 0 Å². The van der Waals surface area contributed by atoms with Crippen molar-refractivity contribution in [3.05, 3.63) is 0 Å². The van der Waals surface area contributed by atoms with Crippen LogP contribution in [-0.2, 0) is 4.74 Å². The fraction of sp³-hybridized carbons (Fsp3) is 1.00. The molecule has 1 nitrogen and oxygen atoms in total. The van der Waals surface area contributed by atoms with E-state index in [1.165, 1.54) is 25.7 Å². The number of alkyl halides is 1. The van der Waals surface area contributed by atoms with Crippen molar-refractivity contribution in [2.75, 3.05) is 17.6 Å². The van der Waals surface area contributed by atoms with Gasteiger partial charge in [-0.1, -0.05) is 48.8 Å². The van der Waals surface area contributed by atoms with Crippen molar-refractivity contribution < 1.29 is 4.74 Å². The summed E-state index contributed by atoms with van der Waals surface area (Å²) in [7, 11) is 0. The van der Waals surface area contributed by atoms with E-state index in [4.69, 9.17) is 4.74 Å². The third-order valence-electron chi connectivity index (χ3n) is 1.36. The average Bonchev–Trinajstić information content (AvgIpc) is 1.97. The smallest absolute Gasteiger partial charge is 0.0555 e. The van der Waals surface area contributed by atoms with Gasteiger partial charge in [0.15, 0.2) is 0 Å². The summed E-state index contributed by atoms with van der Waals surface area (Å²) in [4.78, 5) is 0. The highest BCUT2D eigenvalue weighted by molar-refractivity contribution is 14.1. The zero-order valence-electron chi connectivity index (χ0n) is 6.74. The first-order valence-electron chi connectivity index (χ1n) is 4.05. The molecule has 0 aromatic rings. The predicted molar refractivity (Wildman–Crippen MR) is 53.8 cm³/mol. The summed E-state index contributed by atoms with van der Waals surface area (Å²) in [6.07, 6.45) is 5.24. The molecule has 0 amide bonds. The first kappa shape index (κ1) is 10.7. The van der Waals surface area contributed by atoms with Crippen molar-refractivity contribution in [2.24, 2.45) is 0 Å². The van der Waals surface area contributed by atoms with E-state index < -0.39 is 0 Å². The summed E-state index contributed by atoms with van der Waals surface area (Å²) < 4.78 is 6.44. The number of hydrogen-bond acceptors (Lipinski definition) is 1. The molecule has 0 aromatic carbocycles. The van der Waals surface area contributed by atoms with E-state index in [1.807, 2.05) is 0 Å². The van der Waals surface area contributed by atoms with Crippen molar-refractivity contribution >= 4 is 22.6 Å². The maximum atomic E-state index is 5.32. The summed E-state index contributed by atoms with van der Waals surface area (Å²) in [6, 6.07) is 0. The SMILES string of the molecule is CCCCCCOCCI. The monoisotopic (exact) mass is 256 g/mol. The minimum absolute atomic E-state index is 0.923. The Morgan fingerprint density at radius 3 is 2.50 bits per heavy atom. The molecule has 0 atom stereocenters. The molecule has 0 unspecified atom stereocenters. The zero-order valence-corrected chi connectivity index (χ0v) is 8.89. The van der Waals surface area contributed by atoms with Crippen LogP contribution in [0.1, 0.15) is 32.6 Å². The first-order valence-corrected chi connectivity index (χ1v) is 5.58. The Bertz CT molecular complexity index is 49.2. The quantitative estimate of drug-likeness (QED) is 0.386. The fourth-order valence-electron chi connectivity index (χ4n) is 0.788. The summed E-state index contributed by atoms with van der Waals surface area (Å²) in [5.74, 6) is 0. The summed E-state index contributed by atoms with van der Waals surface area (Å²) in [5, 5.41) is 0. The number of halogens is 1. The van der Waals surface area contributed by atoms with Crippen LogP contribution in [0.3, 0.4) is 0 Å². The van der Waals surface area contributed by atoms with E-state index in [9.17, 15) is 0 Å². The zero-order chi connectivity index (χ0) is 7.66. The maximum Gasteiger partial charge on any atom is 0.0555 e. The van der Waals surface area contributed by atoms with E-state index in [1.54, 1.807) is 0 Å². The lowest BCUT2D eigenvalue weighted by Gasteiger charge is -1.99. The molecule has 0 N–H and O–H groups in total. The van der Waals surface area contributed by atoms with E-state index in [-0.39, 0.29) is 0 Å². The van der Waals surface area contributed by atoms with Crippen LogP contribution >= 0.6 is 22.6 Å². The lowest BCUT2D eigenvalue weighted by molar-refractivity contribution is 0.147. The fourth-order valence-corrected chi connectivity index (χ4v) is 1.10. The second kappa shape index (κ2) is 9.69. The van der Waals surface area contributed by atoms with Crippen LogP contribution in [0.5, 0.6) is 0 Å². The van der Waals surface area contributed by atoms with Crippen LogP contribution in [0.2, 0.25) is 0 Å². The van der Waals surface area contributed by atoms with Crippen LogP contribution in [0.25, 0.3) is 0 Å². The van der Waals surface area contributed by atoms with Crippen molar-refractivity contribution in [1.82, 2.24) is 0 Å². The molecule has 10 heavy (non-hydrogen) atoms. The predicted octanol–water partition coefficient (Wildman–Crippen LogP) is 3.02. The van der Waals surface area contributed by atoms with Gasteiger partial charge in [-0.25, -0.2) is 0 Å². The Labute approximate surface area is 77.7 Å². The lowest BCUT2D eigenvalue weighted by Crippen LogP contribution is -1.96. The van der Waals surface area contributed by atoms with Crippen molar-refractivity contribution in [1.29, 1.82) is 0 Å². The van der Waals surface area contributed by atoms with Crippen LogP contribution < -0.4 is 0 Å². The van der Waals surface area contributed by atoms with Gasteiger partial charge in [0.25, 0.3) is 0 Å². The molecular weight excluding hydrogens is 239 g/mol. The summed E-state index contributed by atoms with van der Waals surface area (Å²) in [5.41, 5.74) is 0. The van der Waals surface area contributed by atoms with Gasteiger partial charge in [-0.2, -0.15) is 0 Å². The normalized spacial score (nSPS) is 10.2. The van der Waals surface area contributed by atoms with Crippen molar-refractivity contribution in [3.63, 3.8) is 0 Å². The van der Waals surface area contributed by atoms with Gasteiger partial charge in [-0.15, -0.1) is 0 Å². The third kappa shape index (κ3) is 8.69. The molecular formula is C8H17IO. The van der Waals surface area contributed by atoms with Crippen molar-refractivity contribution in [2.45, 2.75) is 32.6 Å². The highest BCUT2D eigenvalue weighted by Gasteiger charge is 1.87. The number of unbranched alkanes of at least 4 members (excludes halogenated alkanes) is 3. The topological polar surface area (TPSA) is 9.23 Å². The molecule has 0 radical (unpaired) electrons. The maximum absolute atomic E-state index is 5.32. The average molecular weight is 256 g/mol. The van der Waals surface area contributed by atoms with Crippen LogP contribution in [-0.4, -0.2) is 17.6 Å². The molecule has 2 heteroatoms. The molecule has 0 aromatic heterocycles. The minimum Gasteiger partial charge on any atom is -0.381 e. The molecule has 0 aliphatic rings. The molecule has 0 bridgehead atoms. The molecule has 0 aliphatic heterocycles. The Morgan fingerprint density at radius 1 is 1.10 bits per heavy atom. The van der Waals surface area contributed by atoms with E-state index in [0.29, 0.717) is 0 Å². The van der Waals surface area contributed by atoms with Gasteiger partial charge in [-0.3, -0.25) is 0 Å². The Hall–Kier alpha value is 0.690. The standard InChI is InChI=1S/C8H17IO/c1-2-3-4-5-7-10-8-6-9/h2-8H2,1H3. The number of hydrogen-bond donors (Lipinski definition) is 0. The van der Waals surface area contributed by atoms with Gasteiger partial charge in [0, 0.05) is 11.0 Å². The van der Waals surface area contributed by atoms with Crippen molar-refractivity contribution in [3.8, 4) is 0 Å². The minimum atomic E-state index is 0.923. The Kier molecular flexibility index (Phi) is 10.4. The summed E-state index contributed by atoms with van der Waals surface area (Å²) in [6.45, 7) is 4.11. The van der Waals surface area contributed by atoms with Gasteiger partial charge < -0.3 is 4.74 Å². The lowest BCUT2D eigenvalue weighted by atomic mass is 10.2. The molecule has 0 aliphatic carbocycles. The Morgan fingerprint density at radius 2 is 1.90 bits per heavy atom. The van der Waals surface area contributed by atoms with Gasteiger partial charge >= 0.3 is 0 Å². The molecule has 0 saturated heterocycles. The van der Waals surface area contributed by atoms with Gasteiger partial charge in [0.1, 0.15) is 0 Å². The Balaban J connectivity index is 2.65. The molecule has 0 spiro atoms. The van der Waals surface area contributed by atoms with Gasteiger partial charge in [0.2, 0.25) is 0 Å². The molecule has 0 saturated carbocycles. The number of ether oxygens (including phenoxy) is 1. The first-order chi connectivity index (χ1) is 4.91. The molecule has 0 rings (SSSR count). The van der Waals surface area contributed by atoms with Gasteiger partial charge in [-0.05, 0) is 6.42 Å².